The van der Waals surface area contributed by atoms with Crippen molar-refractivity contribution in [1.82, 2.24) is 0 Å². The zero-order chi connectivity index (χ0) is 11.5. The fourth-order valence-electron chi connectivity index (χ4n) is 1.27. The van der Waals surface area contributed by atoms with Crippen LogP contribution < -0.4 is 5.32 Å². The molecule has 2 aromatic rings. The van der Waals surface area contributed by atoms with Gasteiger partial charge in [-0.25, -0.2) is 0 Å². The molecule has 3 nitrogen and oxygen atoms in total. The van der Waals surface area contributed by atoms with E-state index >= 15 is 0 Å². The molecule has 1 N–H and O–H groups in total. The summed E-state index contributed by atoms with van der Waals surface area (Å²) in [5.74, 6) is 0.0836. The molecule has 0 fully saturated rings. The van der Waals surface area contributed by atoms with Crippen molar-refractivity contribution in [1.29, 1.82) is 0 Å². The van der Waals surface area contributed by atoms with Crippen molar-refractivity contribution in [2.45, 2.75) is 6.92 Å². The first-order valence-electron chi connectivity index (χ1n) is 4.78. The van der Waals surface area contributed by atoms with Gasteiger partial charge >= 0.3 is 0 Å². The molecule has 1 amide bonds. The summed E-state index contributed by atoms with van der Waals surface area (Å²) in [6, 6.07) is 9.09. The molecule has 16 heavy (non-hydrogen) atoms. The number of amides is 1. The van der Waals surface area contributed by atoms with Gasteiger partial charge in [-0.05, 0) is 59.3 Å². The maximum Gasteiger partial charge on any atom is 0.291 e. The molecule has 1 heterocycles. The van der Waals surface area contributed by atoms with Gasteiger partial charge < -0.3 is 9.73 Å². The zero-order valence-electron chi connectivity index (χ0n) is 8.66. The minimum atomic E-state index is -0.232. The zero-order valence-corrected chi connectivity index (χ0v) is 10.8. The van der Waals surface area contributed by atoms with Crippen LogP contribution in [0.15, 0.2) is 41.0 Å². The molecule has 0 aliphatic carbocycles. The van der Waals surface area contributed by atoms with Gasteiger partial charge in [0.25, 0.3) is 5.91 Å². The van der Waals surface area contributed by atoms with Crippen LogP contribution in [0.1, 0.15) is 16.1 Å². The lowest BCUT2D eigenvalue weighted by atomic mass is 10.2. The third-order valence-electron chi connectivity index (χ3n) is 2.17. The Balaban J connectivity index is 2.15. The van der Waals surface area contributed by atoms with E-state index < -0.39 is 0 Å². The predicted molar refractivity (Wildman–Crippen MR) is 70.6 cm³/mol. The number of anilines is 1. The molecule has 0 atom stereocenters. The molecule has 4 heteroatoms. The average molecular weight is 327 g/mol. The van der Waals surface area contributed by atoms with Gasteiger partial charge in [0.05, 0.1) is 6.26 Å². The van der Waals surface area contributed by atoms with Crippen LogP contribution in [0, 0.1) is 10.5 Å². The normalized spacial score (nSPS) is 10.1. The molecule has 0 aliphatic rings. The lowest BCUT2D eigenvalue weighted by Crippen LogP contribution is -2.10. The van der Waals surface area contributed by atoms with Crippen molar-refractivity contribution in [3.8, 4) is 0 Å². The molecular formula is C12H10INO2. The van der Waals surface area contributed by atoms with E-state index in [1.807, 2.05) is 25.1 Å². The van der Waals surface area contributed by atoms with Gasteiger partial charge in [0.2, 0.25) is 0 Å². The minimum absolute atomic E-state index is 0.232. The molecular weight excluding hydrogens is 317 g/mol. The second-order valence-electron chi connectivity index (χ2n) is 3.40. The van der Waals surface area contributed by atoms with E-state index in [0.29, 0.717) is 5.76 Å². The number of aryl methyl sites for hydroxylation is 1. The first-order chi connectivity index (χ1) is 7.66. The van der Waals surface area contributed by atoms with Crippen molar-refractivity contribution in [2.75, 3.05) is 5.32 Å². The maximum absolute atomic E-state index is 11.7. The van der Waals surface area contributed by atoms with E-state index in [1.54, 1.807) is 12.1 Å². The van der Waals surface area contributed by atoms with Gasteiger partial charge in [0.1, 0.15) is 0 Å². The summed E-state index contributed by atoms with van der Waals surface area (Å²) in [6.07, 6.45) is 1.48. The van der Waals surface area contributed by atoms with E-state index in [4.69, 9.17) is 4.42 Å². The molecule has 0 aliphatic heterocycles. The van der Waals surface area contributed by atoms with Crippen LogP contribution in [-0.2, 0) is 0 Å². The van der Waals surface area contributed by atoms with Crippen LogP contribution in [0.25, 0.3) is 0 Å². The van der Waals surface area contributed by atoms with Crippen LogP contribution >= 0.6 is 22.6 Å². The lowest BCUT2D eigenvalue weighted by Gasteiger charge is -2.05. The van der Waals surface area contributed by atoms with Gasteiger partial charge in [-0.3, -0.25) is 4.79 Å². The molecule has 0 spiro atoms. The number of halogens is 1. The third-order valence-corrected chi connectivity index (χ3v) is 3.34. The number of benzene rings is 1. The Bertz CT molecular complexity index is 506. The first-order valence-corrected chi connectivity index (χ1v) is 5.86. The second-order valence-corrected chi connectivity index (χ2v) is 4.56. The van der Waals surface area contributed by atoms with Crippen LogP contribution in [0.2, 0.25) is 0 Å². The monoisotopic (exact) mass is 327 g/mol. The second kappa shape index (κ2) is 4.69. The summed E-state index contributed by atoms with van der Waals surface area (Å²) in [4.78, 5) is 11.7. The van der Waals surface area contributed by atoms with E-state index in [1.165, 1.54) is 11.8 Å². The SMILES string of the molecule is Cc1ccc(NC(=O)c2ccco2)cc1I. The minimum Gasteiger partial charge on any atom is -0.459 e. The Morgan fingerprint density at radius 2 is 2.19 bits per heavy atom. The van der Waals surface area contributed by atoms with E-state index in [9.17, 15) is 4.79 Å². The fourth-order valence-corrected chi connectivity index (χ4v) is 1.79. The number of furan rings is 1. The summed E-state index contributed by atoms with van der Waals surface area (Å²) >= 11 is 2.24. The Labute approximate surface area is 107 Å². The Morgan fingerprint density at radius 1 is 1.38 bits per heavy atom. The summed E-state index contributed by atoms with van der Waals surface area (Å²) in [5.41, 5.74) is 1.97. The number of hydrogen-bond donors (Lipinski definition) is 1. The topological polar surface area (TPSA) is 42.2 Å². The Kier molecular flexibility index (Phi) is 3.28. The summed E-state index contributed by atoms with van der Waals surface area (Å²) in [5, 5.41) is 2.77. The number of carbonyl (C=O) groups is 1. The van der Waals surface area contributed by atoms with Gasteiger partial charge in [0, 0.05) is 9.26 Å². The molecule has 2 rings (SSSR count). The van der Waals surface area contributed by atoms with Gasteiger partial charge in [0.15, 0.2) is 5.76 Å². The molecule has 0 saturated carbocycles. The fraction of sp³-hybridized carbons (Fsp3) is 0.0833. The van der Waals surface area contributed by atoms with Crippen LogP contribution in [0.4, 0.5) is 5.69 Å². The predicted octanol–water partition coefficient (Wildman–Crippen LogP) is 3.44. The summed E-state index contributed by atoms with van der Waals surface area (Å²) in [7, 11) is 0. The molecule has 1 aromatic heterocycles. The van der Waals surface area contributed by atoms with Crippen molar-refractivity contribution < 1.29 is 9.21 Å². The largest absolute Gasteiger partial charge is 0.459 e. The number of carbonyl (C=O) groups excluding carboxylic acids is 1. The Hall–Kier alpha value is -1.30. The van der Waals surface area contributed by atoms with E-state index in [-0.39, 0.29) is 5.91 Å². The van der Waals surface area contributed by atoms with Gasteiger partial charge in [-0.15, -0.1) is 0 Å². The first kappa shape index (κ1) is 11.2. The quantitative estimate of drug-likeness (QED) is 0.859. The van der Waals surface area contributed by atoms with Crippen LogP contribution in [-0.4, -0.2) is 5.91 Å². The highest BCUT2D eigenvalue weighted by atomic mass is 127. The highest BCUT2D eigenvalue weighted by Gasteiger charge is 2.08. The van der Waals surface area contributed by atoms with Crippen molar-refractivity contribution in [2.24, 2.45) is 0 Å². The third kappa shape index (κ3) is 2.44. The highest BCUT2D eigenvalue weighted by Crippen LogP contribution is 2.17. The molecule has 82 valence electrons. The summed E-state index contributed by atoms with van der Waals surface area (Å²) < 4.78 is 6.13. The molecule has 0 saturated heterocycles. The summed E-state index contributed by atoms with van der Waals surface area (Å²) in [6.45, 7) is 2.03. The van der Waals surface area contributed by atoms with Crippen LogP contribution in [0.5, 0.6) is 0 Å². The standard InChI is InChI=1S/C12H10INO2/c1-8-4-5-9(7-10(8)13)14-12(15)11-3-2-6-16-11/h2-7H,1H3,(H,14,15). The lowest BCUT2D eigenvalue weighted by molar-refractivity contribution is 0.0996. The average Bonchev–Trinajstić information content (AvgIpc) is 2.77. The van der Waals surface area contributed by atoms with Gasteiger partial charge in [-0.2, -0.15) is 0 Å². The molecule has 1 aromatic carbocycles. The van der Waals surface area contributed by atoms with E-state index in [2.05, 4.69) is 27.9 Å². The van der Waals surface area contributed by atoms with Crippen molar-refractivity contribution in [3.05, 3.63) is 51.5 Å². The Morgan fingerprint density at radius 3 is 2.81 bits per heavy atom. The molecule has 0 radical (unpaired) electrons. The molecule has 0 unspecified atom stereocenters. The number of rotatable bonds is 2. The van der Waals surface area contributed by atoms with Gasteiger partial charge in [-0.1, -0.05) is 6.07 Å². The highest BCUT2D eigenvalue weighted by molar-refractivity contribution is 14.1. The maximum atomic E-state index is 11.7. The number of nitrogens with one attached hydrogen (secondary N) is 1. The number of hydrogen-bond acceptors (Lipinski definition) is 2. The van der Waals surface area contributed by atoms with Crippen molar-refractivity contribution in [3.63, 3.8) is 0 Å². The molecule has 0 bridgehead atoms. The van der Waals surface area contributed by atoms with Crippen molar-refractivity contribution >= 4 is 34.2 Å². The smallest absolute Gasteiger partial charge is 0.291 e. The van der Waals surface area contributed by atoms with Crippen LogP contribution in [0.3, 0.4) is 0 Å². The van der Waals surface area contributed by atoms with E-state index in [0.717, 1.165) is 9.26 Å².